The van der Waals surface area contributed by atoms with E-state index >= 15 is 0 Å². The molecule has 0 aliphatic carbocycles. The molecule has 0 radical (unpaired) electrons. The minimum Gasteiger partial charge on any atom is -0.459 e. The van der Waals surface area contributed by atoms with E-state index in [9.17, 15) is 4.79 Å². The number of pyridine rings is 1. The molecule has 2 heterocycles. The van der Waals surface area contributed by atoms with E-state index in [4.69, 9.17) is 4.42 Å². The van der Waals surface area contributed by atoms with Crippen LogP contribution in [-0.4, -0.2) is 5.91 Å². The van der Waals surface area contributed by atoms with Crippen molar-refractivity contribution in [3.05, 3.63) is 84.6 Å². The largest absolute Gasteiger partial charge is 0.459 e. The Morgan fingerprint density at radius 2 is 1.76 bits per heavy atom. The van der Waals surface area contributed by atoms with Crippen LogP contribution in [0.3, 0.4) is 0 Å². The lowest BCUT2D eigenvalue weighted by Gasteiger charge is -2.02. The van der Waals surface area contributed by atoms with E-state index in [1.165, 1.54) is 11.8 Å². The van der Waals surface area contributed by atoms with Crippen molar-refractivity contribution < 1.29 is 13.8 Å². The molecule has 0 spiro atoms. The number of rotatable bonds is 4. The summed E-state index contributed by atoms with van der Waals surface area (Å²) in [5.74, 6) is 0.0526. The summed E-state index contributed by atoms with van der Waals surface area (Å²) in [7, 11) is 0. The maximum atomic E-state index is 11.8. The predicted molar refractivity (Wildman–Crippen MR) is 78.8 cm³/mol. The van der Waals surface area contributed by atoms with Crippen molar-refractivity contribution in [1.29, 1.82) is 0 Å². The summed E-state index contributed by atoms with van der Waals surface area (Å²) in [6, 6.07) is 17.3. The average Bonchev–Trinajstić information content (AvgIpc) is 3.05. The Morgan fingerprint density at radius 3 is 2.43 bits per heavy atom. The van der Waals surface area contributed by atoms with Gasteiger partial charge >= 0.3 is 0 Å². The summed E-state index contributed by atoms with van der Waals surface area (Å²) in [6.07, 6.45) is 5.35. The van der Waals surface area contributed by atoms with Crippen LogP contribution in [0.25, 0.3) is 0 Å². The van der Waals surface area contributed by atoms with Gasteiger partial charge in [-0.2, -0.15) is 0 Å². The fourth-order valence-corrected chi connectivity index (χ4v) is 2.04. The molecule has 2 aromatic heterocycles. The lowest BCUT2D eigenvalue weighted by Crippen LogP contribution is -2.33. The van der Waals surface area contributed by atoms with Gasteiger partial charge in [0, 0.05) is 17.7 Å². The highest BCUT2D eigenvalue weighted by Crippen LogP contribution is 2.08. The second-order valence-corrected chi connectivity index (χ2v) is 4.68. The number of carbonyl (C=O) groups is 1. The van der Waals surface area contributed by atoms with E-state index in [-0.39, 0.29) is 5.91 Å². The summed E-state index contributed by atoms with van der Waals surface area (Å²) in [5.41, 5.74) is 1.97. The normalized spacial score (nSPS) is 10.3. The smallest absolute Gasteiger partial charge is 0.291 e. The lowest BCUT2D eigenvalue weighted by molar-refractivity contribution is -0.688. The zero-order chi connectivity index (χ0) is 14.5. The van der Waals surface area contributed by atoms with Crippen molar-refractivity contribution in [3.8, 4) is 0 Å². The molecular formula is C17H15N2O2+. The SMILES string of the molecule is O=C(Nc1cc[n+](Cc2ccccc2)cc1)c1ccco1. The van der Waals surface area contributed by atoms with E-state index < -0.39 is 0 Å². The molecule has 1 amide bonds. The minimum atomic E-state index is -0.249. The van der Waals surface area contributed by atoms with Crippen LogP contribution in [0.5, 0.6) is 0 Å². The number of nitrogens with one attached hydrogen (secondary N) is 1. The van der Waals surface area contributed by atoms with Gasteiger partial charge in [0.15, 0.2) is 24.7 Å². The van der Waals surface area contributed by atoms with Gasteiger partial charge in [0.2, 0.25) is 0 Å². The highest BCUT2D eigenvalue weighted by atomic mass is 16.3. The number of anilines is 1. The average molecular weight is 279 g/mol. The molecule has 0 aliphatic heterocycles. The maximum absolute atomic E-state index is 11.8. The summed E-state index contributed by atoms with van der Waals surface area (Å²) >= 11 is 0. The first-order valence-corrected chi connectivity index (χ1v) is 6.69. The van der Waals surface area contributed by atoms with Gasteiger partial charge in [-0.15, -0.1) is 0 Å². The maximum Gasteiger partial charge on any atom is 0.291 e. The molecule has 0 atom stereocenters. The highest BCUT2D eigenvalue weighted by Gasteiger charge is 2.09. The second kappa shape index (κ2) is 6.05. The lowest BCUT2D eigenvalue weighted by atomic mass is 10.2. The Balaban J connectivity index is 1.65. The first-order valence-electron chi connectivity index (χ1n) is 6.69. The third kappa shape index (κ3) is 3.36. The fourth-order valence-electron chi connectivity index (χ4n) is 2.04. The zero-order valence-corrected chi connectivity index (χ0v) is 11.4. The van der Waals surface area contributed by atoms with E-state index in [1.54, 1.807) is 12.1 Å². The molecule has 0 aliphatic rings. The molecule has 0 fully saturated rings. The molecular weight excluding hydrogens is 264 g/mol. The van der Waals surface area contributed by atoms with Gasteiger partial charge < -0.3 is 9.73 Å². The summed E-state index contributed by atoms with van der Waals surface area (Å²) in [6.45, 7) is 0.799. The molecule has 4 nitrogen and oxygen atoms in total. The number of hydrogen-bond acceptors (Lipinski definition) is 2. The molecule has 3 aromatic rings. The van der Waals surface area contributed by atoms with Crippen LogP contribution < -0.4 is 9.88 Å². The van der Waals surface area contributed by atoms with Gasteiger partial charge in [-0.1, -0.05) is 30.3 Å². The molecule has 4 heteroatoms. The fraction of sp³-hybridized carbons (Fsp3) is 0.0588. The Morgan fingerprint density at radius 1 is 1.00 bits per heavy atom. The summed E-state index contributed by atoms with van der Waals surface area (Å²) < 4.78 is 7.11. The monoisotopic (exact) mass is 279 g/mol. The van der Waals surface area contributed by atoms with Gasteiger partial charge in [0.05, 0.1) is 12.0 Å². The third-order valence-electron chi connectivity index (χ3n) is 3.10. The molecule has 1 aromatic carbocycles. The minimum absolute atomic E-state index is 0.249. The van der Waals surface area contributed by atoms with Crippen molar-refractivity contribution in [2.45, 2.75) is 6.54 Å². The number of carbonyl (C=O) groups excluding carboxylic acids is 1. The van der Waals surface area contributed by atoms with Crippen LogP contribution in [0, 0.1) is 0 Å². The molecule has 21 heavy (non-hydrogen) atoms. The van der Waals surface area contributed by atoms with Crippen molar-refractivity contribution in [1.82, 2.24) is 0 Å². The molecule has 0 bridgehead atoms. The molecule has 0 saturated carbocycles. The first kappa shape index (κ1) is 13.1. The number of amides is 1. The van der Waals surface area contributed by atoms with Crippen molar-refractivity contribution in [2.24, 2.45) is 0 Å². The van der Waals surface area contributed by atoms with Crippen LogP contribution in [0.2, 0.25) is 0 Å². The van der Waals surface area contributed by atoms with Crippen LogP contribution >= 0.6 is 0 Å². The number of hydrogen-bond donors (Lipinski definition) is 1. The quantitative estimate of drug-likeness (QED) is 0.746. The Kier molecular flexibility index (Phi) is 3.78. The zero-order valence-electron chi connectivity index (χ0n) is 11.4. The van der Waals surface area contributed by atoms with Crippen LogP contribution in [-0.2, 0) is 6.54 Å². The highest BCUT2D eigenvalue weighted by molar-refractivity contribution is 6.02. The number of nitrogens with zero attached hydrogens (tertiary/aromatic N) is 1. The predicted octanol–water partition coefficient (Wildman–Crippen LogP) is 2.87. The summed E-state index contributed by atoms with van der Waals surface area (Å²) in [5, 5.41) is 2.79. The molecule has 104 valence electrons. The second-order valence-electron chi connectivity index (χ2n) is 4.68. The van der Waals surface area contributed by atoms with Crippen molar-refractivity contribution in [3.63, 3.8) is 0 Å². The van der Waals surface area contributed by atoms with E-state index in [2.05, 4.69) is 22.0 Å². The third-order valence-corrected chi connectivity index (χ3v) is 3.10. The Bertz CT molecular complexity index is 704. The van der Waals surface area contributed by atoms with E-state index in [1.807, 2.05) is 42.7 Å². The number of aromatic nitrogens is 1. The van der Waals surface area contributed by atoms with Gasteiger partial charge in [0.25, 0.3) is 5.91 Å². The molecule has 0 unspecified atom stereocenters. The molecule has 0 saturated heterocycles. The number of furan rings is 1. The van der Waals surface area contributed by atoms with Crippen molar-refractivity contribution in [2.75, 3.05) is 5.32 Å². The first-order chi connectivity index (χ1) is 10.3. The standard InChI is InChI=1S/C17H14N2O2/c20-17(16-7-4-12-21-16)18-15-8-10-19(11-9-15)13-14-5-2-1-3-6-14/h1-12H,13H2/p+1. The number of benzene rings is 1. The van der Waals surface area contributed by atoms with E-state index in [0.29, 0.717) is 5.76 Å². The van der Waals surface area contributed by atoms with E-state index in [0.717, 1.165) is 12.2 Å². The van der Waals surface area contributed by atoms with Crippen molar-refractivity contribution >= 4 is 11.6 Å². The van der Waals surface area contributed by atoms with Gasteiger partial charge in [0.1, 0.15) is 0 Å². The van der Waals surface area contributed by atoms with Gasteiger partial charge in [-0.05, 0) is 12.1 Å². The van der Waals surface area contributed by atoms with Crippen LogP contribution in [0.1, 0.15) is 16.1 Å². The van der Waals surface area contributed by atoms with Crippen LogP contribution in [0.4, 0.5) is 5.69 Å². The molecule has 1 N–H and O–H groups in total. The molecule has 3 rings (SSSR count). The topological polar surface area (TPSA) is 46.1 Å². The Hall–Kier alpha value is -2.88. The van der Waals surface area contributed by atoms with Gasteiger partial charge in [-0.25, -0.2) is 4.57 Å². The van der Waals surface area contributed by atoms with Gasteiger partial charge in [-0.3, -0.25) is 4.79 Å². The Labute approximate surface area is 122 Å². The van der Waals surface area contributed by atoms with Crippen LogP contribution in [0.15, 0.2) is 77.7 Å². The summed E-state index contributed by atoms with van der Waals surface area (Å²) in [4.78, 5) is 11.8.